The van der Waals surface area contributed by atoms with Crippen molar-refractivity contribution in [1.29, 1.82) is 0 Å². The summed E-state index contributed by atoms with van der Waals surface area (Å²) in [5.41, 5.74) is -0.857. The number of hydrogen-bond donors (Lipinski definition) is 0. The van der Waals surface area contributed by atoms with E-state index in [0.717, 1.165) is 12.3 Å². The summed E-state index contributed by atoms with van der Waals surface area (Å²) in [6, 6.07) is 0.905. The van der Waals surface area contributed by atoms with E-state index in [-0.39, 0.29) is 10.9 Å². The van der Waals surface area contributed by atoms with Gasteiger partial charge >= 0.3 is 6.18 Å². The van der Waals surface area contributed by atoms with Gasteiger partial charge in [-0.25, -0.2) is 4.98 Å². The van der Waals surface area contributed by atoms with Crippen LogP contribution in [0.5, 0.6) is 0 Å². The van der Waals surface area contributed by atoms with Crippen molar-refractivity contribution in [3.63, 3.8) is 0 Å². The maximum Gasteiger partial charge on any atom is 0.417 e. The Morgan fingerprint density at radius 2 is 1.85 bits per heavy atom. The highest BCUT2D eigenvalue weighted by Gasteiger charge is 2.32. The number of anilines is 1. The SMILES string of the molecule is O=C(CSC1CCCCC1)N1CCN(c2ncc(C(F)(F)F)cc2Cl)CC1. The van der Waals surface area contributed by atoms with Crippen LogP contribution in [0.15, 0.2) is 12.3 Å². The van der Waals surface area contributed by atoms with Gasteiger partial charge in [-0.3, -0.25) is 4.79 Å². The molecule has 1 aliphatic heterocycles. The van der Waals surface area contributed by atoms with Gasteiger partial charge in [0.1, 0.15) is 5.82 Å². The van der Waals surface area contributed by atoms with Gasteiger partial charge in [0, 0.05) is 37.6 Å². The molecule has 1 aromatic heterocycles. The Hall–Kier alpha value is -1.15. The van der Waals surface area contributed by atoms with Gasteiger partial charge in [0.25, 0.3) is 0 Å². The lowest BCUT2D eigenvalue weighted by molar-refractivity contribution is -0.137. The number of carbonyl (C=O) groups excluding carboxylic acids is 1. The number of carbonyl (C=O) groups is 1. The first-order chi connectivity index (χ1) is 12.8. The zero-order chi connectivity index (χ0) is 19.4. The highest BCUT2D eigenvalue weighted by molar-refractivity contribution is 8.00. The Morgan fingerprint density at radius 1 is 1.19 bits per heavy atom. The van der Waals surface area contributed by atoms with E-state index in [2.05, 4.69) is 4.98 Å². The van der Waals surface area contributed by atoms with E-state index in [1.54, 1.807) is 11.8 Å². The van der Waals surface area contributed by atoms with E-state index >= 15 is 0 Å². The highest BCUT2D eigenvalue weighted by atomic mass is 35.5. The monoisotopic (exact) mass is 421 g/mol. The number of rotatable bonds is 4. The predicted molar refractivity (Wildman–Crippen MR) is 102 cm³/mol. The average molecular weight is 422 g/mol. The average Bonchev–Trinajstić information content (AvgIpc) is 2.66. The van der Waals surface area contributed by atoms with Crippen molar-refractivity contribution in [1.82, 2.24) is 9.88 Å². The molecular weight excluding hydrogens is 399 g/mol. The molecule has 0 aromatic carbocycles. The molecule has 0 spiro atoms. The van der Waals surface area contributed by atoms with E-state index in [9.17, 15) is 18.0 Å². The third kappa shape index (κ3) is 5.44. The number of hydrogen-bond acceptors (Lipinski definition) is 4. The highest BCUT2D eigenvalue weighted by Crippen LogP contribution is 2.34. The predicted octanol–water partition coefficient (Wildman–Crippen LogP) is 4.47. The Bertz CT molecular complexity index is 660. The first-order valence-electron chi connectivity index (χ1n) is 9.21. The Morgan fingerprint density at radius 3 is 2.44 bits per heavy atom. The van der Waals surface area contributed by atoms with Crippen molar-refractivity contribution in [2.75, 3.05) is 36.8 Å². The molecule has 1 saturated heterocycles. The molecule has 0 bridgehead atoms. The van der Waals surface area contributed by atoms with Crippen LogP contribution in [0.1, 0.15) is 37.7 Å². The van der Waals surface area contributed by atoms with Gasteiger partial charge in [0.15, 0.2) is 0 Å². The zero-order valence-electron chi connectivity index (χ0n) is 15.0. The largest absolute Gasteiger partial charge is 0.417 e. The second kappa shape index (κ2) is 8.90. The van der Waals surface area contributed by atoms with Crippen LogP contribution in [0.25, 0.3) is 0 Å². The fourth-order valence-electron chi connectivity index (χ4n) is 3.50. The van der Waals surface area contributed by atoms with Gasteiger partial charge in [-0.15, -0.1) is 11.8 Å². The van der Waals surface area contributed by atoms with Crippen molar-refractivity contribution in [2.24, 2.45) is 0 Å². The molecule has 0 N–H and O–H groups in total. The van der Waals surface area contributed by atoms with Crippen LogP contribution in [-0.4, -0.2) is 53.0 Å². The molecule has 3 rings (SSSR count). The van der Waals surface area contributed by atoms with Gasteiger partial charge in [0.05, 0.1) is 16.3 Å². The molecule has 0 atom stereocenters. The van der Waals surface area contributed by atoms with E-state index in [0.29, 0.717) is 43.0 Å². The van der Waals surface area contributed by atoms with Gasteiger partial charge in [-0.2, -0.15) is 13.2 Å². The summed E-state index contributed by atoms with van der Waals surface area (Å²) in [4.78, 5) is 20.0. The maximum atomic E-state index is 12.7. The van der Waals surface area contributed by atoms with Crippen LogP contribution < -0.4 is 4.90 Å². The van der Waals surface area contributed by atoms with E-state index < -0.39 is 11.7 Å². The molecule has 1 amide bonds. The Labute approximate surface area is 166 Å². The smallest absolute Gasteiger partial charge is 0.352 e. The maximum absolute atomic E-state index is 12.7. The van der Waals surface area contributed by atoms with E-state index in [1.807, 2.05) is 9.80 Å². The number of piperazine rings is 1. The third-order valence-corrected chi connectivity index (χ3v) is 6.71. The van der Waals surface area contributed by atoms with Crippen molar-refractivity contribution in [3.05, 3.63) is 22.8 Å². The lowest BCUT2D eigenvalue weighted by Gasteiger charge is -2.36. The van der Waals surface area contributed by atoms with Crippen molar-refractivity contribution < 1.29 is 18.0 Å². The van der Waals surface area contributed by atoms with Crippen LogP contribution in [0.3, 0.4) is 0 Å². The van der Waals surface area contributed by atoms with Crippen LogP contribution in [0.4, 0.5) is 19.0 Å². The zero-order valence-corrected chi connectivity index (χ0v) is 16.5. The molecule has 2 heterocycles. The Balaban J connectivity index is 1.50. The van der Waals surface area contributed by atoms with Crippen molar-refractivity contribution in [2.45, 2.75) is 43.5 Å². The van der Waals surface area contributed by atoms with E-state index in [4.69, 9.17) is 11.6 Å². The molecular formula is C18H23ClF3N3OS. The summed E-state index contributed by atoms with van der Waals surface area (Å²) in [6.07, 6.45) is 2.55. The molecule has 9 heteroatoms. The van der Waals surface area contributed by atoms with Gasteiger partial charge in [-0.05, 0) is 18.9 Å². The van der Waals surface area contributed by atoms with Crippen molar-refractivity contribution >= 4 is 35.1 Å². The number of pyridine rings is 1. The molecule has 2 aliphatic rings. The van der Waals surface area contributed by atoms with Crippen LogP contribution in [0, 0.1) is 0 Å². The van der Waals surface area contributed by atoms with E-state index in [1.165, 1.54) is 32.1 Å². The normalized spacial score (nSPS) is 19.4. The number of thioether (sulfide) groups is 1. The summed E-state index contributed by atoms with van der Waals surface area (Å²) in [6.45, 7) is 2.09. The number of nitrogens with zero attached hydrogens (tertiary/aromatic N) is 3. The molecule has 1 aliphatic carbocycles. The molecule has 0 radical (unpaired) electrons. The minimum atomic E-state index is -4.46. The summed E-state index contributed by atoms with van der Waals surface area (Å²) < 4.78 is 38.2. The molecule has 1 aromatic rings. The second-order valence-corrected chi connectivity index (χ2v) is 8.66. The number of alkyl halides is 3. The lowest BCUT2D eigenvalue weighted by atomic mass is 10.0. The van der Waals surface area contributed by atoms with Gasteiger partial charge in [-0.1, -0.05) is 30.9 Å². The third-order valence-electron chi connectivity index (χ3n) is 5.08. The standard InChI is InChI=1S/C18H23ClF3N3OS/c19-15-10-13(18(20,21)22)11-23-17(15)25-8-6-24(7-9-25)16(26)12-27-14-4-2-1-3-5-14/h10-11,14H,1-9,12H2. The van der Waals surface area contributed by atoms with Crippen LogP contribution >= 0.6 is 23.4 Å². The fraction of sp³-hybridized carbons (Fsp3) is 0.667. The first-order valence-corrected chi connectivity index (χ1v) is 10.6. The summed E-state index contributed by atoms with van der Waals surface area (Å²) in [7, 11) is 0. The van der Waals surface area contributed by atoms with Gasteiger partial charge < -0.3 is 9.80 Å². The number of halogens is 4. The molecule has 0 unspecified atom stereocenters. The lowest BCUT2D eigenvalue weighted by Crippen LogP contribution is -2.49. The Kier molecular flexibility index (Phi) is 6.78. The van der Waals surface area contributed by atoms with Crippen LogP contribution in [-0.2, 0) is 11.0 Å². The molecule has 1 saturated carbocycles. The molecule has 27 heavy (non-hydrogen) atoms. The number of aromatic nitrogens is 1. The summed E-state index contributed by atoms with van der Waals surface area (Å²) in [5.74, 6) is 0.981. The molecule has 150 valence electrons. The number of amides is 1. The topological polar surface area (TPSA) is 36.4 Å². The quantitative estimate of drug-likeness (QED) is 0.718. The fourth-order valence-corrected chi connectivity index (χ4v) is 5.01. The summed E-state index contributed by atoms with van der Waals surface area (Å²) >= 11 is 7.77. The summed E-state index contributed by atoms with van der Waals surface area (Å²) in [5, 5.41) is 0.580. The minimum absolute atomic E-state index is 0.0162. The minimum Gasteiger partial charge on any atom is -0.352 e. The molecule has 4 nitrogen and oxygen atoms in total. The van der Waals surface area contributed by atoms with Crippen molar-refractivity contribution in [3.8, 4) is 0 Å². The molecule has 2 fully saturated rings. The second-order valence-electron chi connectivity index (χ2n) is 6.97. The van der Waals surface area contributed by atoms with Crippen LogP contribution in [0.2, 0.25) is 5.02 Å². The first kappa shape index (κ1) is 20.6. The van der Waals surface area contributed by atoms with Gasteiger partial charge in [0.2, 0.25) is 5.91 Å².